The van der Waals surface area contributed by atoms with Crippen molar-refractivity contribution in [1.82, 2.24) is 10.6 Å². The maximum absolute atomic E-state index is 5.16. The molecule has 0 atom stereocenters. The summed E-state index contributed by atoms with van der Waals surface area (Å²) in [6.45, 7) is 4.72. The minimum Gasteiger partial charge on any atom is -0.383 e. The molecular formula is C16H34N2OS. The zero-order valence-corrected chi connectivity index (χ0v) is 14.3. The van der Waals surface area contributed by atoms with E-state index in [-0.39, 0.29) is 0 Å². The number of hydrogen-bond donors (Lipinski definition) is 2. The average Bonchev–Trinajstić information content (AvgIpc) is 2.45. The predicted molar refractivity (Wildman–Crippen MR) is 92.3 cm³/mol. The predicted octanol–water partition coefficient (Wildman–Crippen LogP) is 4.02. The SMILES string of the molecule is CCCCCCCCCCCCNC(=S)NCCOC. The third-order valence-electron chi connectivity index (χ3n) is 3.41. The van der Waals surface area contributed by atoms with Gasteiger partial charge in [0.2, 0.25) is 0 Å². The Bertz CT molecular complexity index is 213. The van der Waals surface area contributed by atoms with E-state index in [0.29, 0.717) is 6.61 Å². The molecule has 0 unspecified atom stereocenters. The first-order chi connectivity index (χ1) is 9.81. The van der Waals surface area contributed by atoms with Crippen LogP contribution >= 0.6 is 12.2 Å². The van der Waals surface area contributed by atoms with Crippen molar-refractivity contribution in [3.8, 4) is 0 Å². The fourth-order valence-electron chi connectivity index (χ4n) is 2.14. The topological polar surface area (TPSA) is 33.3 Å². The second-order valence-corrected chi connectivity index (χ2v) is 5.77. The van der Waals surface area contributed by atoms with Gasteiger partial charge in [-0.2, -0.15) is 0 Å². The molecule has 0 saturated heterocycles. The van der Waals surface area contributed by atoms with Gasteiger partial charge in [-0.25, -0.2) is 0 Å². The van der Waals surface area contributed by atoms with Crippen molar-refractivity contribution in [2.75, 3.05) is 26.8 Å². The molecule has 0 aromatic rings. The lowest BCUT2D eigenvalue weighted by atomic mass is 10.1. The molecule has 0 radical (unpaired) electrons. The first-order valence-corrected chi connectivity index (χ1v) is 8.72. The van der Waals surface area contributed by atoms with Crippen LogP contribution in [-0.4, -0.2) is 31.9 Å². The molecule has 0 saturated carbocycles. The maximum Gasteiger partial charge on any atom is 0.166 e. The molecule has 0 bridgehead atoms. The smallest absolute Gasteiger partial charge is 0.166 e. The van der Waals surface area contributed by atoms with Crippen molar-refractivity contribution in [3.05, 3.63) is 0 Å². The van der Waals surface area contributed by atoms with Gasteiger partial charge in [-0.05, 0) is 18.6 Å². The van der Waals surface area contributed by atoms with Gasteiger partial charge in [0.05, 0.1) is 6.61 Å². The van der Waals surface area contributed by atoms with Gasteiger partial charge in [-0.3, -0.25) is 0 Å². The maximum atomic E-state index is 5.16. The minimum atomic E-state index is 0.695. The molecular weight excluding hydrogens is 268 g/mol. The summed E-state index contributed by atoms with van der Waals surface area (Å²) < 4.78 is 4.95. The quantitative estimate of drug-likeness (QED) is 0.375. The van der Waals surface area contributed by atoms with Crippen LogP contribution in [0.4, 0.5) is 0 Å². The van der Waals surface area contributed by atoms with Gasteiger partial charge in [-0.1, -0.05) is 64.7 Å². The molecule has 0 aromatic heterocycles. The van der Waals surface area contributed by atoms with Crippen LogP contribution in [0.25, 0.3) is 0 Å². The van der Waals surface area contributed by atoms with Crippen LogP contribution in [0, 0.1) is 0 Å². The summed E-state index contributed by atoms with van der Waals surface area (Å²) in [6, 6.07) is 0. The molecule has 20 heavy (non-hydrogen) atoms. The number of thiocarbonyl (C=S) groups is 1. The first kappa shape index (κ1) is 19.7. The summed E-state index contributed by atoms with van der Waals surface area (Å²) in [7, 11) is 1.70. The van der Waals surface area contributed by atoms with E-state index in [1.54, 1.807) is 7.11 Å². The Balaban J connectivity index is 3.07. The van der Waals surface area contributed by atoms with Crippen molar-refractivity contribution in [2.45, 2.75) is 71.1 Å². The highest BCUT2D eigenvalue weighted by Gasteiger charge is 1.95. The van der Waals surface area contributed by atoms with Crippen LogP contribution in [0.1, 0.15) is 71.1 Å². The van der Waals surface area contributed by atoms with Gasteiger partial charge in [0.1, 0.15) is 0 Å². The number of rotatable bonds is 14. The van der Waals surface area contributed by atoms with Crippen LogP contribution in [-0.2, 0) is 4.74 Å². The van der Waals surface area contributed by atoms with E-state index >= 15 is 0 Å². The highest BCUT2D eigenvalue weighted by Crippen LogP contribution is 2.10. The molecule has 3 nitrogen and oxygen atoms in total. The normalized spacial score (nSPS) is 10.5. The molecule has 0 amide bonds. The molecule has 0 aliphatic rings. The molecule has 0 aromatic carbocycles. The Morgan fingerprint density at radius 1 is 0.800 bits per heavy atom. The van der Waals surface area contributed by atoms with Gasteiger partial charge in [-0.15, -0.1) is 0 Å². The Morgan fingerprint density at radius 2 is 1.30 bits per heavy atom. The molecule has 4 heteroatoms. The Kier molecular flexibility index (Phi) is 16.4. The number of ether oxygens (including phenoxy) is 1. The summed E-state index contributed by atoms with van der Waals surface area (Å²) in [5.74, 6) is 0. The van der Waals surface area contributed by atoms with Crippen molar-refractivity contribution < 1.29 is 4.74 Å². The second kappa shape index (κ2) is 16.7. The molecule has 120 valence electrons. The lowest BCUT2D eigenvalue weighted by Gasteiger charge is -2.09. The number of unbranched alkanes of at least 4 members (excludes halogenated alkanes) is 9. The van der Waals surface area contributed by atoms with Crippen molar-refractivity contribution >= 4 is 17.3 Å². The van der Waals surface area contributed by atoms with Gasteiger partial charge in [0.25, 0.3) is 0 Å². The third kappa shape index (κ3) is 15.7. The van der Waals surface area contributed by atoms with Crippen LogP contribution in [0.3, 0.4) is 0 Å². The summed E-state index contributed by atoms with van der Waals surface area (Å²) in [5.41, 5.74) is 0. The van der Waals surface area contributed by atoms with Crippen LogP contribution in [0.15, 0.2) is 0 Å². The molecule has 2 N–H and O–H groups in total. The van der Waals surface area contributed by atoms with E-state index in [2.05, 4.69) is 17.6 Å². The Labute approximate surface area is 131 Å². The van der Waals surface area contributed by atoms with Crippen molar-refractivity contribution in [1.29, 1.82) is 0 Å². The molecule has 0 aliphatic heterocycles. The van der Waals surface area contributed by atoms with Crippen molar-refractivity contribution in [3.63, 3.8) is 0 Å². The van der Waals surface area contributed by atoms with E-state index in [9.17, 15) is 0 Å². The standard InChI is InChI=1S/C16H34N2OS/c1-3-4-5-6-7-8-9-10-11-12-13-17-16(20)18-14-15-19-2/h3-15H2,1-2H3,(H2,17,18,20). The summed E-state index contributed by atoms with van der Waals surface area (Å²) in [6.07, 6.45) is 13.7. The summed E-state index contributed by atoms with van der Waals surface area (Å²) >= 11 is 5.16. The van der Waals surface area contributed by atoms with Gasteiger partial charge in [0.15, 0.2) is 5.11 Å². The third-order valence-corrected chi connectivity index (χ3v) is 3.70. The fourth-order valence-corrected chi connectivity index (χ4v) is 2.35. The molecule has 0 aliphatic carbocycles. The molecule has 0 rings (SSSR count). The van der Waals surface area contributed by atoms with E-state index in [1.165, 1.54) is 64.2 Å². The molecule has 0 spiro atoms. The fraction of sp³-hybridized carbons (Fsp3) is 0.938. The minimum absolute atomic E-state index is 0.695. The van der Waals surface area contributed by atoms with Crippen molar-refractivity contribution in [2.24, 2.45) is 0 Å². The number of hydrogen-bond acceptors (Lipinski definition) is 2. The molecule has 0 fully saturated rings. The van der Waals surface area contributed by atoms with Gasteiger partial charge in [0, 0.05) is 20.2 Å². The van der Waals surface area contributed by atoms with Crippen LogP contribution in [0.5, 0.6) is 0 Å². The van der Waals surface area contributed by atoms with Crippen LogP contribution in [0.2, 0.25) is 0 Å². The first-order valence-electron chi connectivity index (χ1n) is 8.32. The lowest BCUT2D eigenvalue weighted by Crippen LogP contribution is -2.37. The number of methoxy groups -OCH3 is 1. The van der Waals surface area contributed by atoms with Gasteiger partial charge < -0.3 is 15.4 Å². The highest BCUT2D eigenvalue weighted by molar-refractivity contribution is 7.80. The second-order valence-electron chi connectivity index (χ2n) is 5.36. The van der Waals surface area contributed by atoms with E-state index in [4.69, 9.17) is 17.0 Å². The largest absolute Gasteiger partial charge is 0.383 e. The highest BCUT2D eigenvalue weighted by atomic mass is 32.1. The van der Waals surface area contributed by atoms with E-state index in [0.717, 1.165) is 18.2 Å². The van der Waals surface area contributed by atoms with E-state index in [1.807, 2.05) is 0 Å². The molecule has 0 heterocycles. The number of nitrogens with one attached hydrogen (secondary N) is 2. The van der Waals surface area contributed by atoms with E-state index < -0.39 is 0 Å². The summed E-state index contributed by atoms with van der Waals surface area (Å²) in [5, 5.41) is 7.09. The summed E-state index contributed by atoms with van der Waals surface area (Å²) in [4.78, 5) is 0. The zero-order chi connectivity index (χ0) is 14.9. The average molecular weight is 303 g/mol. The Hall–Kier alpha value is -0.350. The lowest BCUT2D eigenvalue weighted by molar-refractivity contribution is 0.204. The monoisotopic (exact) mass is 302 g/mol. The van der Waals surface area contributed by atoms with Crippen LogP contribution < -0.4 is 10.6 Å². The van der Waals surface area contributed by atoms with Gasteiger partial charge >= 0.3 is 0 Å². The zero-order valence-electron chi connectivity index (χ0n) is 13.5. The Morgan fingerprint density at radius 3 is 1.85 bits per heavy atom.